The molecule has 0 radical (unpaired) electrons. The molecule has 0 aromatic heterocycles. The monoisotopic (exact) mass is 866 g/mol. The van der Waals surface area contributed by atoms with Crippen molar-refractivity contribution in [2.24, 2.45) is 11.8 Å². The van der Waals surface area contributed by atoms with Crippen molar-refractivity contribution >= 4 is 64.9 Å². The Bertz CT molecular complexity index is 1840. The lowest BCUT2D eigenvalue weighted by Gasteiger charge is -2.27. The van der Waals surface area contributed by atoms with Crippen molar-refractivity contribution in [3.63, 3.8) is 0 Å². The highest BCUT2D eigenvalue weighted by molar-refractivity contribution is 7.85. The third kappa shape index (κ3) is 21.4. The van der Waals surface area contributed by atoms with Crippen LogP contribution in [0.3, 0.4) is 0 Å². The Hall–Kier alpha value is -3.03. The summed E-state index contributed by atoms with van der Waals surface area (Å²) in [7, 11) is -11.0. The molecule has 300 valence electrons. The minimum absolute atomic E-state index is 0.0556. The van der Waals surface area contributed by atoms with E-state index in [0.29, 0.717) is 18.8 Å². The zero-order valence-corrected chi connectivity index (χ0v) is 31.5. The van der Waals surface area contributed by atoms with E-state index >= 15 is 0 Å². The first-order valence-electron chi connectivity index (χ1n) is 14.0. The Morgan fingerprint density at radius 3 is 1.02 bits per heavy atom. The highest BCUT2D eigenvalue weighted by Gasteiger charge is 2.56. The third-order valence-electron chi connectivity index (χ3n) is 5.70. The van der Waals surface area contributed by atoms with E-state index in [1.54, 1.807) is 0 Å². The number of aliphatic hydroxyl groups is 2. The van der Waals surface area contributed by atoms with Crippen molar-refractivity contribution in [1.29, 1.82) is 0 Å². The lowest BCUT2D eigenvalue weighted by Crippen LogP contribution is -2.41. The topological polar surface area (TPSA) is 256 Å². The molecule has 0 aliphatic heterocycles. The third-order valence-corrected chi connectivity index (χ3v) is 6.17. The molecule has 13 nitrogen and oxygen atoms in total. The first kappa shape index (κ1) is 50.0. The van der Waals surface area contributed by atoms with E-state index in [0.717, 1.165) is 37.8 Å². The van der Waals surface area contributed by atoms with E-state index in [2.05, 4.69) is 11.8 Å². The summed E-state index contributed by atoms with van der Waals surface area (Å²) in [5.41, 5.74) is 2.99. The number of benzene rings is 2. The van der Waals surface area contributed by atoms with Gasteiger partial charge in [0.1, 0.15) is 0 Å². The highest BCUT2D eigenvalue weighted by atomic mass is 35.5. The largest absolute Gasteiger partial charge is 0.433 e. The van der Waals surface area contributed by atoms with Crippen molar-refractivity contribution < 1.29 is 75.5 Å². The molecule has 9 N–H and O–H groups in total. The zero-order chi connectivity index (χ0) is 42.0. The van der Waals surface area contributed by atoms with Gasteiger partial charge >= 0.3 is 12.4 Å². The lowest BCUT2D eigenvalue weighted by atomic mass is 9.92. The number of hydrogen-bond donors (Lipinski definition) is 7. The maximum absolute atomic E-state index is 13.1. The second-order valence-corrected chi connectivity index (χ2v) is 16.4. The molecule has 0 heterocycles. The van der Waals surface area contributed by atoms with Gasteiger partial charge in [0.15, 0.2) is 0 Å². The van der Waals surface area contributed by atoms with Crippen molar-refractivity contribution in [2.75, 3.05) is 30.2 Å². The van der Waals surface area contributed by atoms with E-state index in [-0.39, 0.29) is 33.3 Å². The summed E-state index contributed by atoms with van der Waals surface area (Å²) in [6.07, 6.45) is -4.73. The fourth-order valence-corrected chi connectivity index (χ4v) is 3.48. The van der Waals surface area contributed by atoms with E-state index < -0.39 is 65.0 Å². The van der Waals surface area contributed by atoms with E-state index in [1.165, 1.54) is 24.3 Å². The summed E-state index contributed by atoms with van der Waals surface area (Å²) in [6.45, 7) is 0. The molecule has 2 saturated carbocycles. The van der Waals surface area contributed by atoms with Crippen LogP contribution in [0.15, 0.2) is 36.4 Å². The van der Waals surface area contributed by atoms with Crippen LogP contribution in [0, 0.1) is 35.5 Å². The van der Waals surface area contributed by atoms with Crippen LogP contribution in [0.4, 0.5) is 37.7 Å². The first-order valence-corrected chi connectivity index (χ1v) is 20.3. The SMILES string of the molecule is CS(=O)(=O)O.CS(=O)(=O)O.CS(=O)(=O)O.Nc1ccc(Cl)cc1[C@@](O)(C#CC1CC1)C(F)(F)F.Nc1ccc(Cl)cc1[C@@](O)(C#CC1CC1)C(F)(F)F. The quantitative estimate of drug-likeness (QED) is 0.0938. The maximum atomic E-state index is 13.1. The molecule has 4 rings (SSSR count). The van der Waals surface area contributed by atoms with Gasteiger partial charge in [-0.15, -0.1) is 0 Å². The number of nitrogen functional groups attached to an aromatic ring is 2. The van der Waals surface area contributed by atoms with Gasteiger partial charge in [-0.3, -0.25) is 13.7 Å². The van der Waals surface area contributed by atoms with Crippen molar-refractivity contribution in [2.45, 2.75) is 49.2 Å². The number of halogens is 8. The smallest absolute Gasteiger partial charge is 0.398 e. The van der Waals surface area contributed by atoms with Gasteiger partial charge in [0.2, 0.25) is 11.2 Å². The van der Waals surface area contributed by atoms with Gasteiger partial charge in [-0.25, -0.2) is 0 Å². The van der Waals surface area contributed by atoms with Crippen LogP contribution in [0.25, 0.3) is 0 Å². The summed E-state index contributed by atoms with van der Waals surface area (Å²) >= 11 is 11.3. The molecule has 2 fully saturated rings. The molecule has 2 aromatic carbocycles. The van der Waals surface area contributed by atoms with Gasteiger partial charge in [-0.1, -0.05) is 46.9 Å². The van der Waals surface area contributed by atoms with Crippen LogP contribution in [0.2, 0.25) is 10.0 Å². The molecule has 2 atom stereocenters. The van der Waals surface area contributed by atoms with Gasteiger partial charge in [0.25, 0.3) is 30.4 Å². The molecule has 0 unspecified atom stereocenters. The van der Waals surface area contributed by atoms with Crippen molar-refractivity contribution in [3.8, 4) is 23.7 Å². The van der Waals surface area contributed by atoms with E-state index in [4.69, 9.17) is 48.3 Å². The van der Waals surface area contributed by atoms with Crippen molar-refractivity contribution in [1.82, 2.24) is 0 Å². The van der Waals surface area contributed by atoms with Gasteiger partial charge in [-0.05, 0) is 62.1 Å². The summed E-state index contributed by atoms with van der Waals surface area (Å²) in [5, 5.41) is 20.0. The molecule has 2 aliphatic carbocycles. The van der Waals surface area contributed by atoms with Gasteiger partial charge in [0.05, 0.1) is 18.8 Å². The number of hydrogen-bond acceptors (Lipinski definition) is 10. The highest BCUT2D eigenvalue weighted by Crippen LogP contribution is 2.43. The van der Waals surface area contributed by atoms with Gasteiger partial charge in [0, 0.05) is 44.4 Å². The molecular weight excluding hydrogens is 833 g/mol. The van der Waals surface area contributed by atoms with Crippen LogP contribution in [0.1, 0.15) is 36.8 Å². The fraction of sp³-hybridized carbons (Fsp3) is 0.448. The molecule has 0 saturated heterocycles. The molecule has 0 bridgehead atoms. The van der Waals surface area contributed by atoms with Crippen LogP contribution >= 0.6 is 23.2 Å². The van der Waals surface area contributed by atoms with E-state index in [1.807, 2.05) is 11.8 Å². The number of rotatable bonds is 2. The van der Waals surface area contributed by atoms with Crippen LogP contribution in [0.5, 0.6) is 0 Å². The Morgan fingerprint density at radius 1 is 0.604 bits per heavy atom. The predicted octanol–water partition coefficient (Wildman–Crippen LogP) is 4.68. The number of nitrogens with two attached hydrogens (primary N) is 2. The average molecular weight is 868 g/mol. The lowest BCUT2D eigenvalue weighted by molar-refractivity contribution is -0.240. The molecule has 53 heavy (non-hydrogen) atoms. The Labute approximate surface area is 311 Å². The maximum Gasteiger partial charge on any atom is 0.433 e. The Balaban J connectivity index is 0.000000742. The Morgan fingerprint density at radius 2 is 0.830 bits per heavy atom. The summed E-state index contributed by atoms with van der Waals surface area (Å²) in [6, 6.07) is 7.12. The molecule has 0 spiro atoms. The van der Waals surface area contributed by atoms with E-state index in [9.17, 15) is 61.8 Å². The normalized spacial score (nSPS) is 16.5. The van der Waals surface area contributed by atoms with Crippen molar-refractivity contribution in [3.05, 3.63) is 57.6 Å². The fourth-order valence-electron chi connectivity index (χ4n) is 3.13. The van der Waals surface area contributed by atoms with Gasteiger partial charge in [-0.2, -0.15) is 51.6 Å². The molecule has 0 amide bonds. The molecule has 2 aromatic rings. The summed E-state index contributed by atoms with van der Waals surface area (Å²) in [4.78, 5) is 0. The minimum Gasteiger partial charge on any atom is -0.398 e. The van der Waals surface area contributed by atoms with Crippen LogP contribution < -0.4 is 11.5 Å². The van der Waals surface area contributed by atoms with Gasteiger partial charge < -0.3 is 21.7 Å². The second-order valence-electron chi connectivity index (χ2n) is 11.2. The van der Waals surface area contributed by atoms with Crippen LogP contribution in [-0.2, 0) is 41.6 Å². The summed E-state index contributed by atoms with van der Waals surface area (Å²) < 4.78 is 156. The van der Waals surface area contributed by atoms with Crippen LogP contribution in [-0.4, -0.2) is 80.2 Å². The first-order chi connectivity index (χ1) is 23.5. The number of alkyl halides is 6. The Kier molecular flexibility index (Phi) is 17.9. The predicted molar refractivity (Wildman–Crippen MR) is 185 cm³/mol. The zero-order valence-electron chi connectivity index (χ0n) is 27.5. The minimum atomic E-state index is -4.95. The number of anilines is 2. The molecular formula is C29H34Cl2F6N2O11S3. The standard InChI is InChI=1S/2C13H11ClF3NO.3CH4O3S/c2*14-9-3-4-11(18)10(7-9)12(19,13(15,16)17)6-5-8-1-2-8;3*1-5(2,3)4/h2*3-4,7-8,19H,1-2,18H2;3*1H3,(H,2,3,4)/t2*12-;;;/m00.../s1. The second kappa shape index (κ2) is 19.0. The summed E-state index contributed by atoms with van der Waals surface area (Å²) in [5.74, 6) is 8.56. The average Bonchev–Trinajstić information content (AvgIpc) is 3.85. The molecule has 2 aliphatic rings. The molecule has 24 heteroatoms.